The molecule has 0 saturated heterocycles. The van der Waals surface area contributed by atoms with E-state index in [2.05, 4.69) is 3.82 Å². The van der Waals surface area contributed by atoms with Gasteiger partial charge in [0, 0.05) is 0 Å². The van der Waals surface area contributed by atoms with Crippen LogP contribution >= 0.6 is 0 Å². The Morgan fingerprint density at radius 1 is 2.00 bits per heavy atom. The third kappa shape index (κ3) is 2.48. The predicted molar refractivity (Wildman–Crippen MR) is 18.8 cm³/mol. The maximum atomic E-state index is 4.48. The molecule has 2 heteroatoms. The van der Waals surface area contributed by atoms with Crippen molar-refractivity contribution in [3.8, 4) is 0 Å². The van der Waals surface area contributed by atoms with Crippen molar-refractivity contribution in [1.29, 1.82) is 0 Å². The Kier molecular flexibility index (Phi) is 3.90. The summed E-state index contributed by atoms with van der Waals surface area (Å²) in [7, 11) is 0. The zero-order chi connectivity index (χ0) is 3.41. The maximum absolute atomic E-state index is 4.48. The van der Waals surface area contributed by atoms with Gasteiger partial charge in [-0.25, -0.2) is 0 Å². The van der Waals surface area contributed by atoms with E-state index < -0.39 is 0 Å². The van der Waals surface area contributed by atoms with Crippen molar-refractivity contribution in [1.82, 2.24) is 0 Å². The van der Waals surface area contributed by atoms with Crippen molar-refractivity contribution in [3.63, 3.8) is 0 Å². The molecule has 4 heavy (non-hydrogen) atoms. The molecule has 0 aromatic heterocycles. The van der Waals surface area contributed by atoms with Crippen LogP contribution in [0.2, 0.25) is 0 Å². The number of hydrogen-bond donors (Lipinski definition) is 0. The summed E-state index contributed by atoms with van der Waals surface area (Å²) >= 11 is 2.04. The summed E-state index contributed by atoms with van der Waals surface area (Å²) in [5, 5.41) is 0. The van der Waals surface area contributed by atoms with E-state index in [0.29, 0.717) is 0 Å². The van der Waals surface area contributed by atoms with Crippen LogP contribution in [0.25, 0.3) is 0 Å². The molecule has 0 aliphatic carbocycles. The monoisotopic (exact) mass is 126 g/mol. The molecule has 0 rings (SSSR count). The van der Waals surface area contributed by atoms with E-state index >= 15 is 0 Å². The van der Waals surface area contributed by atoms with E-state index in [9.17, 15) is 0 Å². The van der Waals surface area contributed by atoms with Crippen LogP contribution in [0.1, 0.15) is 6.92 Å². The van der Waals surface area contributed by atoms with Gasteiger partial charge >= 0.3 is 33.7 Å². The van der Waals surface area contributed by atoms with Gasteiger partial charge in [-0.1, -0.05) is 0 Å². The zero-order valence-corrected chi connectivity index (χ0v) is 4.44. The van der Waals surface area contributed by atoms with E-state index in [1.165, 1.54) is 0 Å². The second kappa shape index (κ2) is 3.48. The second-order valence-electron chi connectivity index (χ2n) is 0.418. The molecule has 0 unspecified atom stereocenters. The molecule has 26 valence electrons. The van der Waals surface area contributed by atoms with Gasteiger partial charge in [-0.3, -0.25) is 0 Å². The Labute approximate surface area is 34.5 Å². The Morgan fingerprint density at radius 2 is 2.25 bits per heavy atom. The van der Waals surface area contributed by atoms with Crippen LogP contribution in [0, 0.1) is 0 Å². The van der Waals surface area contributed by atoms with Crippen molar-refractivity contribution in [2.45, 2.75) is 6.92 Å². The molecule has 1 nitrogen and oxygen atoms in total. The summed E-state index contributed by atoms with van der Waals surface area (Å²) in [6.07, 6.45) is 0. The van der Waals surface area contributed by atoms with E-state index in [1.807, 2.05) is 23.3 Å². The van der Waals surface area contributed by atoms with Crippen molar-refractivity contribution < 1.29 is 3.82 Å². The van der Waals surface area contributed by atoms with Crippen LogP contribution in [0.15, 0.2) is 0 Å². The zero-order valence-electron chi connectivity index (χ0n) is 2.56. The first-order valence-electron chi connectivity index (χ1n) is 1.18. The van der Waals surface area contributed by atoms with Gasteiger partial charge in [0.25, 0.3) is 0 Å². The first-order chi connectivity index (χ1) is 1.91. The molecule has 0 N–H and O–H groups in total. The third-order valence-electron chi connectivity index (χ3n) is 0.129. The fourth-order valence-corrected chi connectivity index (χ4v) is 0. The van der Waals surface area contributed by atoms with Crippen LogP contribution in [0.3, 0.4) is 0 Å². The number of rotatable bonds is 1. The second-order valence-corrected chi connectivity index (χ2v) is 0.959. The summed E-state index contributed by atoms with van der Waals surface area (Å²) in [5.41, 5.74) is 0. The van der Waals surface area contributed by atoms with Crippen LogP contribution in [-0.4, -0.2) is 22.9 Å². The van der Waals surface area contributed by atoms with E-state index in [0.717, 1.165) is 6.61 Å². The van der Waals surface area contributed by atoms with Gasteiger partial charge in [-0.2, -0.15) is 0 Å². The molecule has 0 aliphatic heterocycles. The topological polar surface area (TPSA) is 9.23 Å². The molecule has 0 amide bonds. The molecule has 0 saturated carbocycles. The summed E-state index contributed by atoms with van der Waals surface area (Å²) in [5.74, 6) is 0. The third-order valence-corrected chi connectivity index (χ3v) is 0.671. The Bertz CT molecular complexity index is 8.00. The Morgan fingerprint density at radius 3 is 2.25 bits per heavy atom. The molecule has 0 radical (unpaired) electrons. The number of hydrogen-bond acceptors (Lipinski definition) is 1. The summed E-state index contributed by atoms with van der Waals surface area (Å²) in [6, 6.07) is 0. The first kappa shape index (κ1) is 4.48. The van der Waals surface area contributed by atoms with Crippen LogP contribution in [0.4, 0.5) is 0 Å². The SMILES string of the molecule is CCO[SeH]. The normalized spacial score (nSPS) is 7.50. The summed E-state index contributed by atoms with van der Waals surface area (Å²) < 4.78 is 4.48. The predicted octanol–water partition coefficient (Wildman–Crippen LogP) is -0.161. The molecule has 0 aromatic carbocycles. The minimum atomic E-state index is 0.792. The van der Waals surface area contributed by atoms with Crippen LogP contribution < -0.4 is 0 Å². The van der Waals surface area contributed by atoms with Gasteiger partial charge in [0.2, 0.25) is 0 Å². The van der Waals surface area contributed by atoms with E-state index in [1.54, 1.807) is 0 Å². The van der Waals surface area contributed by atoms with Crippen molar-refractivity contribution >= 4 is 16.3 Å². The van der Waals surface area contributed by atoms with Gasteiger partial charge in [-0.05, 0) is 0 Å². The van der Waals surface area contributed by atoms with Gasteiger partial charge in [0.05, 0.1) is 0 Å². The van der Waals surface area contributed by atoms with Crippen LogP contribution in [-0.2, 0) is 3.82 Å². The Hall–Kier alpha value is 0.479. The fourth-order valence-electron chi connectivity index (χ4n) is 0. The molecular weight excluding hydrogens is 119 g/mol. The van der Waals surface area contributed by atoms with Crippen molar-refractivity contribution in [3.05, 3.63) is 0 Å². The summed E-state index contributed by atoms with van der Waals surface area (Å²) in [6.45, 7) is 2.73. The molecule has 0 spiro atoms. The molecule has 0 fully saturated rings. The fraction of sp³-hybridized carbons (Fsp3) is 1.00. The van der Waals surface area contributed by atoms with Crippen LogP contribution in [0.5, 0.6) is 0 Å². The van der Waals surface area contributed by atoms with Gasteiger partial charge in [-0.15, -0.1) is 0 Å². The standard InChI is InChI=1S/C2H6OSe/c1-2-3-4/h4H,2H2,1H3. The molecule has 0 aliphatic rings. The summed E-state index contributed by atoms with van der Waals surface area (Å²) in [4.78, 5) is 0. The Balaban J connectivity index is 1.97. The van der Waals surface area contributed by atoms with Crippen molar-refractivity contribution in [2.24, 2.45) is 0 Å². The van der Waals surface area contributed by atoms with E-state index in [4.69, 9.17) is 0 Å². The molecule has 0 aromatic rings. The molecule has 0 atom stereocenters. The van der Waals surface area contributed by atoms with Gasteiger partial charge in [0.1, 0.15) is 0 Å². The average molecular weight is 125 g/mol. The molecule has 0 heterocycles. The van der Waals surface area contributed by atoms with E-state index in [-0.39, 0.29) is 0 Å². The average Bonchev–Trinajstić information content (AvgIpc) is 1.37. The van der Waals surface area contributed by atoms with Gasteiger partial charge < -0.3 is 0 Å². The first-order valence-corrected chi connectivity index (χ1v) is 1.94. The minimum absolute atomic E-state index is 0.792. The molecule has 0 bridgehead atoms. The quantitative estimate of drug-likeness (QED) is 0.442. The van der Waals surface area contributed by atoms with Crippen molar-refractivity contribution in [2.75, 3.05) is 6.61 Å². The van der Waals surface area contributed by atoms with Gasteiger partial charge in [0.15, 0.2) is 0 Å². The molecular formula is C2H6OSe.